The zero-order chi connectivity index (χ0) is 11.5. The molecule has 1 aliphatic heterocycles. The lowest BCUT2D eigenvalue weighted by Crippen LogP contribution is -2.35. The summed E-state index contributed by atoms with van der Waals surface area (Å²) >= 11 is 0. The Morgan fingerprint density at radius 2 is 2.38 bits per heavy atom. The Bertz CT molecular complexity index is 406. The molecule has 0 radical (unpaired) electrons. The van der Waals surface area contributed by atoms with E-state index in [-0.39, 0.29) is 17.8 Å². The van der Waals surface area contributed by atoms with Crippen molar-refractivity contribution in [2.75, 3.05) is 6.54 Å². The van der Waals surface area contributed by atoms with Crippen molar-refractivity contribution in [1.82, 2.24) is 10.6 Å². The molecule has 1 saturated heterocycles. The molecule has 2 rings (SSSR count). The van der Waals surface area contributed by atoms with Crippen molar-refractivity contribution in [3.8, 4) is 0 Å². The van der Waals surface area contributed by atoms with Gasteiger partial charge in [-0.1, -0.05) is 12.1 Å². The fourth-order valence-corrected chi connectivity index (χ4v) is 1.87. The molecule has 3 nitrogen and oxygen atoms in total. The highest BCUT2D eigenvalue weighted by Gasteiger charge is 2.23. The van der Waals surface area contributed by atoms with Crippen LogP contribution in [0.3, 0.4) is 0 Å². The van der Waals surface area contributed by atoms with Gasteiger partial charge in [-0.05, 0) is 30.5 Å². The number of hydrogen-bond donors (Lipinski definition) is 2. The monoisotopic (exact) mass is 222 g/mol. The van der Waals surface area contributed by atoms with Gasteiger partial charge in [-0.15, -0.1) is 0 Å². The van der Waals surface area contributed by atoms with E-state index < -0.39 is 0 Å². The highest BCUT2D eigenvalue weighted by Crippen LogP contribution is 2.12. The van der Waals surface area contributed by atoms with Gasteiger partial charge in [0.2, 0.25) is 5.91 Å². The molecule has 1 aromatic rings. The van der Waals surface area contributed by atoms with Gasteiger partial charge in [0.25, 0.3) is 0 Å². The van der Waals surface area contributed by atoms with Crippen LogP contribution in [0.1, 0.15) is 17.5 Å². The number of nitrogens with one attached hydrogen (secondary N) is 2. The Hall–Kier alpha value is -1.42. The second kappa shape index (κ2) is 4.61. The van der Waals surface area contributed by atoms with E-state index in [0.29, 0.717) is 12.1 Å². The molecule has 2 N–H and O–H groups in total. The van der Waals surface area contributed by atoms with Gasteiger partial charge in [0.05, 0.1) is 6.04 Å². The Morgan fingerprint density at radius 1 is 1.56 bits per heavy atom. The fraction of sp³-hybridized carbons (Fsp3) is 0.417. The van der Waals surface area contributed by atoms with Gasteiger partial charge in [-0.3, -0.25) is 4.79 Å². The third-order valence-electron chi connectivity index (χ3n) is 2.97. The first-order valence-corrected chi connectivity index (χ1v) is 5.43. The van der Waals surface area contributed by atoms with Crippen LogP contribution in [0.4, 0.5) is 4.39 Å². The minimum atomic E-state index is -0.199. The summed E-state index contributed by atoms with van der Waals surface area (Å²) < 4.78 is 13.2. The predicted octanol–water partition coefficient (Wildman–Crippen LogP) is 1.11. The summed E-state index contributed by atoms with van der Waals surface area (Å²) in [7, 11) is 0. The highest BCUT2D eigenvalue weighted by molar-refractivity contribution is 5.83. The van der Waals surface area contributed by atoms with Crippen molar-refractivity contribution in [1.29, 1.82) is 0 Å². The number of rotatable bonds is 3. The first-order chi connectivity index (χ1) is 7.68. The summed E-state index contributed by atoms with van der Waals surface area (Å²) in [5.41, 5.74) is 1.55. The number of hydrogen-bond acceptors (Lipinski definition) is 2. The minimum Gasteiger partial charge on any atom is -0.355 e. The summed E-state index contributed by atoms with van der Waals surface area (Å²) in [6.45, 7) is 3.00. The van der Waals surface area contributed by atoms with Gasteiger partial charge in [0, 0.05) is 13.1 Å². The van der Waals surface area contributed by atoms with Crippen LogP contribution in [0.15, 0.2) is 18.2 Å². The van der Waals surface area contributed by atoms with E-state index in [4.69, 9.17) is 0 Å². The smallest absolute Gasteiger partial charge is 0.237 e. The average molecular weight is 222 g/mol. The molecule has 1 heterocycles. The topological polar surface area (TPSA) is 41.1 Å². The number of benzene rings is 1. The molecule has 1 unspecified atom stereocenters. The maximum absolute atomic E-state index is 13.2. The Balaban J connectivity index is 1.99. The van der Waals surface area contributed by atoms with E-state index in [9.17, 15) is 9.18 Å². The Labute approximate surface area is 94.0 Å². The van der Waals surface area contributed by atoms with E-state index >= 15 is 0 Å². The third kappa shape index (κ3) is 2.22. The molecule has 0 bridgehead atoms. The molecule has 0 aromatic heterocycles. The van der Waals surface area contributed by atoms with Crippen molar-refractivity contribution >= 4 is 5.91 Å². The van der Waals surface area contributed by atoms with E-state index in [1.807, 2.05) is 6.07 Å². The standard InChI is InChI=1S/C12H15FN2O/c1-8-9(3-2-4-10(8)13)7-15-11-5-6-14-12(11)16/h2-4,11,15H,5-7H2,1H3,(H,14,16). The zero-order valence-corrected chi connectivity index (χ0v) is 9.22. The highest BCUT2D eigenvalue weighted by atomic mass is 19.1. The summed E-state index contributed by atoms with van der Waals surface area (Å²) in [5, 5.41) is 5.89. The lowest BCUT2D eigenvalue weighted by atomic mass is 10.1. The molecule has 86 valence electrons. The maximum atomic E-state index is 13.2. The molecule has 0 saturated carbocycles. The predicted molar refractivity (Wildman–Crippen MR) is 59.4 cm³/mol. The van der Waals surface area contributed by atoms with Crippen LogP contribution in [0.25, 0.3) is 0 Å². The summed E-state index contributed by atoms with van der Waals surface area (Å²) in [4.78, 5) is 11.3. The van der Waals surface area contributed by atoms with Gasteiger partial charge >= 0.3 is 0 Å². The number of amides is 1. The van der Waals surface area contributed by atoms with Gasteiger partial charge in [-0.2, -0.15) is 0 Å². The summed E-state index contributed by atoms with van der Waals surface area (Å²) in [5.74, 6) is -0.163. The van der Waals surface area contributed by atoms with E-state index in [1.165, 1.54) is 6.07 Å². The summed E-state index contributed by atoms with van der Waals surface area (Å²) in [6.07, 6.45) is 0.799. The van der Waals surface area contributed by atoms with Crippen molar-refractivity contribution in [2.24, 2.45) is 0 Å². The van der Waals surface area contributed by atoms with Gasteiger partial charge in [0.15, 0.2) is 0 Å². The average Bonchev–Trinajstić information content (AvgIpc) is 2.67. The third-order valence-corrected chi connectivity index (χ3v) is 2.97. The molecule has 1 fully saturated rings. The van der Waals surface area contributed by atoms with Crippen molar-refractivity contribution < 1.29 is 9.18 Å². The lowest BCUT2D eigenvalue weighted by Gasteiger charge is -2.11. The largest absolute Gasteiger partial charge is 0.355 e. The van der Waals surface area contributed by atoms with Gasteiger partial charge in [-0.25, -0.2) is 4.39 Å². The molecular formula is C12H15FN2O. The van der Waals surface area contributed by atoms with Crippen LogP contribution in [0.2, 0.25) is 0 Å². The van der Waals surface area contributed by atoms with Crippen LogP contribution in [-0.4, -0.2) is 18.5 Å². The number of halogens is 1. The van der Waals surface area contributed by atoms with Crippen LogP contribution < -0.4 is 10.6 Å². The van der Waals surface area contributed by atoms with Crippen LogP contribution in [-0.2, 0) is 11.3 Å². The maximum Gasteiger partial charge on any atom is 0.237 e. The number of carbonyl (C=O) groups excluding carboxylic acids is 1. The molecule has 16 heavy (non-hydrogen) atoms. The molecule has 4 heteroatoms. The molecule has 0 spiro atoms. The molecule has 1 aromatic carbocycles. The van der Waals surface area contributed by atoms with E-state index in [0.717, 1.165) is 18.5 Å². The SMILES string of the molecule is Cc1c(F)cccc1CNC1CCNC1=O. The Morgan fingerprint density at radius 3 is 3.06 bits per heavy atom. The Kier molecular flexibility index (Phi) is 3.19. The number of carbonyl (C=O) groups is 1. The van der Waals surface area contributed by atoms with Crippen LogP contribution in [0, 0.1) is 12.7 Å². The molecule has 0 aliphatic carbocycles. The minimum absolute atomic E-state index is 0.0362. The first kappa shape index (κ1) is 11.1. The molecule has 1 amide bonds. The normalized spacial score (nSPS) is 19.9. The van der Waals surface area contributed by atoms with Crippen molar-refractivity contribution in [2.45, 2.75) is 25.9 Å². The van der Waals surface area contributed by atoms with Crippen molar-refractivity contribution in [3.05, 3.63) is 35.1 Å². The molecular weight excluding hydrogens is 207 g/mol. The quantitative estimate of drug-likeness (QED) is 0.804. The lowest BCUT2D eigenvalue weighted by molar-refractivity contribution is -0.120. The molecule has 1 atom stereocenters. The van der Waals surface area contributed by atoms with Crippen LogP contribution in [0.5, 0.6) is 0 Å². The fourth-order valence-electron chi connectivity index (χ4n) is 1.87. The van der Waals surface area contributed by atoms with Crippen LogP contribution >= 0.6 is 0 Å². The van der Waals surface area contributed by atoms with Gasteiger partial charge in [0.1, 0.15) is 5.82 Å². The van der Waals surface area contributed by atoms with E-state index in [1.54, 1.807) is 13.0 Å². The van der Waals surface area contributed by atoms with E-state index in [2.05, 4.69) is 10.6 Å². The zero-order valence-electron chi connectivity index (χ0n) is 9.22. The van der Waals surface area contributed by atoms with Gasteiger partial charge < -0.3 is 10.6 Å². The first-order valence-electron chi connectivity index (χ1n) is 5.43. The second-order valence-corrected chi connectivity index (χ2v) is 4.04. The second-order valence-electron chi connectivity index (χ2n) is 4.04. The summed E-state index contributed by atoms with van der Waals surface area (Å²) in [6, 6.07) is 4.87. The molecule has 1 aliphatic rings. The van der Waals surface area contributed by atoms with Crippen molar-refractivity contribution in [3.63, 3.8) is 0 Å².